The zero-order valence-electron chi connectivity index (χ0n) is 12.7. The SMILES string of the molecule is CCc1nnc(SCC(=O)Nc2ccc(Cl)cn2)n1C(C)C. The summed E-state index contributed by atoms with van der Waals surface area (Å²) in [5.74, 6) is 1.52. The number of rotatable bonds is 6. The van der Waals surface area contributed by atoms with Crippen molar-refractivity contribution < 1.29 is 4.79 Å². The first-order valence-corrected chi connectivity index (χ1v) is 8.35. The van der Waals surface area contributed by atoms with Gasteiger partial charge in [-0.15, -0.1) is 10.2 Å². The number of aromatic nitrogens is 4. The van der Waals surface area contributed by atoms with E-state index in [1.807, 2.05) is 6.92 Å². The highest BCUT2D eigenvalue weighted by atomic mass is 35.5. The fourth-order valence-corrected chi connectivity index (χ4v) is 2.92. The summed E-state index contributed by atoms with van der Waals surface area (Å²) in [4.78, 5) is 16.0. The first-order chi connectivity index (χ1) is 10.5. The van der Waals surface area contributed by atoms with E-state index in [0.29, 0.717) is 10.8 Å². The second kappa shape index (κ2) is 7.60. The van der Waals surface area contributed by atoms with Gasteiger partial charge in [-0.05, 0) is 26.0 Å². The lowest BCUT2D eigenvalue weighted by Gasteiger charge is -2.12. The topological polar surface area (TPSA) is 72.7 Å². The summed E-state index contributed by atoms with van der Waals surface area (Å²) in [6.07, 6.45) is 2.31. The molecule has 0 aliphatic rings. The number of anilines is 1. The summed E-state index contributed by atoms with van der Waals surface area (Å²) in [7, 11) is 0. The Hall–Kier alpha value is -1.60. The number of amides is 1. The van der Waals surface area contributed by atoms with Crippen LogP contribution < -0.4 is 5.32 Å². The van der Waals surface area contributed by atoms with E-state index in [1.165, 1.54) is 18.0 Å². The molecule has 0 saturated heterocycles. The molecule has 0 aromatic carbocycles. The van der Waals surface area contributed by atoms with Gasteiger partial charge in [-0.3, -0.25) is 4.79 Å². The van der Waals surface area contributed by atoms with Crippen LogP contribution in [0.1, 0.15) is 32.6 Å². The summed E-state index contributed by atoms with van der Waals surface area (Å²) in [6.45, 7) is 6.19. The first kappa shape index (κ1) is 16.8. The molecule has 6 nitrogen and oxygen atoms in total. The maximum Gasteiger partial charge on any atom is 0.236 e. The summed E-state index contributed by atoms with van der Waals surface area (Å²) < 4.78 is 2.05. The number of nitrogens with one attached hydrogen (secondary N) is 1. The molecule has 22 heavy (non-hydrogen) atoms. The Morgan fingerprint density at radius 1 is 1.41 bits per heavy atom. The Bertz CT molecular complexity index is 641. The van der Waals surface area contributed by atoms with Gasteiger partial charge in [0.1, 0.15) is 11.6 Å². The molecule has 0 aliphatic heterocycles. The standard InChI is InChI=1S/C14H18ClN5OS/c1-4-12-18-19-14(20(12)9(2)3)22-8-13(21)17-11-6-5-10(15)7-16-11/h5-7,9H,4,8H2,1-3H3,(H,16,17,21). The smallest absolute Gasteiger partial charge is 0.236 e. The van der Waals surface area contributed by atoms with Crippen molar-refractivity contribution in [2.75, 3.05) is 11.1 Å². The van der Waals surface area contributed by atoms with Crippen molar-refractivity contribution >= 4 is 35.1 Å². The number of thioether (sulfide) groups is 1. The van der Waals surface area contributed by atoms with Gasteiger partial charge >= 0.3 is 0 Å². The largest absolute Gasteiger partial charge is 0.310 e. The van der Waals surface area contributed by atoms with Gasteiger partial charge in [0.15, 0.2) is 5.16 Å². The lowest BCUT2D eigenvalue weighted by Crippen LogP contribution is -2.16. The van der Waals surface area contributed by atoms with Crippen LogP contribution in [0, 0.1) is 0 Å². The molecule has 0 spiro atoms. The normalized spacial score (nSPS) is 11.0. The quantitative estimate of drug-likeness (QED) is 0.818. The average molecular weight is 340 g/mol. The van der Waals surface area contributed by atoms with Crippen LogP contribution in [0.3, 0.4) is 0 Å². The van der Waals surface area contributed by atoms with Crippen molar-refractivity contribution in [3.63, 3.8) is 0 Å². The lowest BCUT2D eigenvalue weighted by molar-refractivity contribution is -0.113. The lowest BCUT2D eigenvalue weighted by atomic mass is 10.3. The Morgan fingerprint density at radius 2 is 2.18 bits per heavy atom. The van der Waals surface area contributed by atoms with E-state index >= 15 is 0 Å². The minimum Gasteiger partial charge on any atom is -0.310 e. The van der Waals surface area contributed by atoms with E-state index in [-0.39, 0.29) is 17.7 Å². The number of nitrogens with zero attached hydrogens (tertiary/aromatic N) is 4. The predicted molar refractivity (Wildman–Crippen MR) is 88.4 cm³/mol. The molecule has 2 aromatic rings. The van der Waals surface area contributed by atoms with Gasteiger partial charge in [0.25, 0.3) is 0 Å². The molecule has 8 heteroatoms. The molecule has 0 bridgehead atoms. The van der Waals surface area contributed by atoms with Crippen molar-refractivity contribution in [3.8, 4) is 0 Å². The summed E-state index contributed by atoms with van der Waals surface area (Å²) >= 11 is 7.12. The maximum atomic E-state index is 12.0. The van der Waals surface area contributed by atoms with Crippen LogP contribution in [0.2, 0.25) is 5.02 Å². The number of pyridine rings is 1. The average Bonchev–Trinajstić information content (AvgIpc) is 2.91. The highest BCUT2D eigenvalue weighted by Gasteiger charge is 2.15. The zero-order chi connectivity index (χ0) is 16.1. The third-order valence-electron chi connectivity index (χ3n) is 2.90. The number of carbonyl (C=O) groups excluding carboxylic acids is 1. The Kier molecular flexibility index (Phi) is 5.79. The van der Waals surface area contributed by atoms with Crippen LogP contribution in [0.5, 0.6) is 0 Å². The van der Waals surface area contributed by atoms with Crippen LogP contribution in [0.4, 0.5) is 5.82 Å². The van der Waals surface area contributed by atoms with Crippen molar-refractivity contribution in [3.05, 3.63) is 29.2 Å². The molecule has 0 saturated carbocycles. The van der Waals surface area contributed by atoms with Crippen LogP contribution in [-0.2, 0) is 11.2 Å². The van der Waals surface area contributed by atoms with Gasteiger partial charge in [0.2, 0.25) is 5.91 Å². The maximum absolute atomic E-state index is 12.0. The second-order valence-corrected chi connectivity index (χ2v) is 6.29. The van der Waals surface area contributed by atoms with Gasteiger partial charge < -0.3 is 9.88 Å². The second-order valence-electron chi connectivity index (χ2n) is 4.91. The van der Waals surface area contributed by atoms with Gasteiger partial charge in [-0.2, -0.15) is 0 Å². The number of hydrogen-bond acceptors (Lipinski definition) is 5. The molecule has 2 heterocycles. The molecule has 2 aromatic heterocycles. The van der Waals surface area contributed by atoms with Gasteiger partial charge in [0.05, 0.1) is 10.8 Å². The fraction of sp³-hybridized carbons (Fsp3) is 0.429. The predicted octanol–water partition coefficient (Wildman–Crippen LogP) is 3.20. The van der Waals surface area contributed by atoms with Crippen molar-refractivity contribution in [2.45, 2.75) is 38.4 Å². The molecule has 0 fully saturated rings. The van der Waals surface area contributed by atoms with E-state index < -0.39 is 0 Å². The van der Waals surface area contributed by atoms with E-state index in [9.17, 15) is 4.79 Å². The molecule has 0 aliphatic carbocycles. The third-order valence-corrected chi connectivity index (χ3v) is 4.06. The molecule has 1 N–H and O–H groups in total. The van der Waals surface area contributed by atoms with Crippen molar-refractivity contribution in [1.29, 1.82) is 0 Å². The van der Waals surface area contributed by atoms with Crippen LogP contribution >= 0.6 is 23.4 Å². The van der Waals surface area contributed by atoms with E-state index in [0.717, 1.165) is 17.4 Å². The van der Waals surface area contributed by atoms with E-state index in [1.54, 1.807) is 12.1 Å². The van der Waals surface area contributed by atoms with Crippen molar-refractivity contribution in [1.82, 2.24) is 19.7 Å². The Morgan fingerprint density at radius 3 is 2.77 bits per heavy atom. The van der Waals surface area contributed by atoms with E-state index in [2.05, 4.69) is 38.9 Å². The minimum absolute atomic E-state index is 0.142. The molecule has 1 amide bonds. The highest BCUT2D eigenvalue weighted by molar-refractivity contribution is 7.99. The summed E-state index contributed by atoms with van der Waals surface area (Å²) in [6, 6.07) is 3.60. The van der Waals surface area contributed by atoms with Crippen LogP contribution in [0.15, 0.2) is 23.5 Å². The van der Waals surface area contributed by atoms with Crippen LogP contribution in [-0.4, -0.2) is 31.4 Å². The molecule has 0 unspecified atom stereocenters. The number of aryl methyl sites for hydroxylation is 1. The Balaban J connectivity index is 1.96. The molecule has 118 valence electrons. The minimum atomic E-state index is -0.142. The third kappa shape index (κ3) is 4.20. The summed E-state index contributed by atoms with van der Waals surface area (Å²) in [5.41, 5.74) is 0. The monoisotopic (exact) mass is 339 g/mol. The highest BCUT2D eigenvalue weighted by Crippen LogP contribution is 2.22. The number of halogens is 1. The molecular formula is C14H18ClN5OS. The zero-order valence-corrected chi connectivity index (χ0v) is 14.3. The first-order valence-electron chi connectivity index (χ1n) is 6.99. The number of hydrogen-bond donors (Lipinski definition) is 1. The van der Waals surface area contributed by atoms with Crippen LogP contribution in [0.25, 0.3) is 0 Å². The molecule has 0 radical (unpaired) electrons. The van der Waals surface area contributed by atoms with Crippen molar-refractivity contribution in [2.24, 2.45) is 0 Å². The molecule has 0 atom stereocenters. The Labute approximate surface area is 138 Å². The van der Waals surface area contributed by atoms with Gasteiger partial charge in [-0.1, -0.05) is 30.3 Å². The van der Waals surface area contributed by atoms with E-state index in [4.69, 9.17) is 11.6 Å². The molecular weight excluding hydrogens is 322 g/mol. The summed E-state index contributed by atoms with van der Waals surface area (Å²) in [5, 5.41) is 12.3. The molecule has 2 rings (SSSR count). The van der Waals surface area contributed by atoms with Gasteiger partial charge in [0, 0.05) is 18.7 Å². The van der Waals surface area contributed by atoms with Gasteiger partial charge in [-0.25, -0.2) is 4.98 Å². The fourth-order valence-electron chi connectivity index (χ4n) is 1.92. The number of carbonyl (C=O) groups is 1.